The van der Waals surface area contributed by atoms with Crippen LogP contribution in [-0.4, -0.2) is 75.8 Å². The van der Waals surface area contributed by atoms with E-state index in [1.165, 1.54) is 4.90 Å². The number of nitrogens with zero attached hydrogens (tertiary/aromatic N) is 2. The van der Waals surface area contributed by atoms with Crippen molar-refractivity contribution in [3.63, 3.8) is 0 Å². The van der Waals surface area contributed by atoms with Gasteiger partial charge in [0.05, 0.1) is 38.4 Å². The highest BCUT2D eigenvalue weighted by Gasteiger charge is 2.40. The number of aliphatic hydroxyl groups is 2. The fraction of sp³-hybridized carbons (Fsp3) is 0.357. The molecular weight excluding hydrogens is 674 g/mol. The first kappa shape index (κ1) is 36.4. The van der Waals surface area contributed by atoms with Gasteiger partial charge in [0.25, 0.3) is 5.91 Å². The summed E-state index contributed by atoms with van der Waals surface area (Å²) in [6.07, 6.45) is 0.825. The van der Waals surface area contributed by atoms with Crippen LogP contribution in [0.2, 0.25) is 0 Å². The lowest BCUT2D eigenvalue weighted by Crippen LogP contribution is -2.42. The van der Waals surface area contributed by atoms with E-state index in [0.717, 1.165) is 58.3 Å². The first-order chi connectivity index (χ1) is 25.9. The van der Waals surface area contributed by atoms with Crippen LogP contribution in [0.25, 0.3) is 11.1 Å². The molecule has 276 valence electrons. The first-order valence-electron chi connectivity index (χ1n) is 18.2. The number of likely N-dealkylation sites (tertiary alicyclic amines) is 2. The SMILES string of the molecule is O=C(NC1CC(=O)N(Cc2ccccc2-c2ccc([C@H]3O[C@@H](CN4CCC[C@H]4CO)C[C@@H](c4ccc(CO)cc4)O3)cc2)C1=O)OCc1ccccc1. The summed E-state index contributed by atoms with van der Waals surface area (Å²) in [4.78, 5) is 42.3. The minimum atomic E-state index is -0.993. The van der Waals surface area contributed by atoms with E-state index in [9.17, 15) is 24.6 Å². The summed E-state index contributed by atoms with van der Waals surface area (Å²) in [7, 11) is 0. The van der Waals surface area contributed by atoms with Crippen molar-refractivity contribution in [2.24, 2.45) is 0 Å². The van der Waals surface area contributed by atoms with Crippen molar-refractivity contribution in [2.45, 2.75) is 76.0 Å². The Labute approximate surface area is 309 Å². The molecule has 3 fully saturated rings. The van der Waals surface area contributed by atoms with Crippen LogP contribution in [0.4, 0.5) is 4.79 Å². The summed E-state index contributed by atoms with van der Waals surface area (Å²) in [5.74, 6) is -0.841. The van der Waals surface area contributed by atoms with Crippen LogP contribution in [0.15, 0.2) is 103 Å². The molecule has 4 aromatic rings. The van der Waals surface area contributed by atoms with Gasteiger partial charge in [-0.15, -0.1) is 0 Å². The van der Waals surface area contributed by atoms with E-state index in [0.29, 0.717) is 13.0 Å². The summed E-state index contributed by atoms with van der Waals surface area (Å²) in [5, 5.41) is 22.0. The minimum absolute atomic E-state index is 0.0263. The van der Waals surface area contributed by atoms with E-state index in [1.54, 1.807) is 0 Å². The maximum absolute atomic E-state index is 13.3. The molecule has 4 aromatic carbocycles. The fourth-order valence-corrected chi connectivity index (χ4v) is 7.44. The Kier molecular flexibility index (Phi) is 11.6. The molecule has 5 atom stereocenters. The van der Waals surface area contributed by atoms with Gasteiger partial charge >= 0.3 is 6.09 Å². The Bertz CT molecular complexity index is 1870. The Morgan fingerprint density at radius 3 is 2.34 bits per heavy atom. The van der Waals surface area contributed by atoms with Gasteiger partial charge in [0, 0.05) is 24.6 Å². The van der Waals surface area contributed by atoms with Crippen LogP contribution >= 0.6 is 0 Å². The topological polar surface area (TPSA) is 138 Å². The van der Waals surface area contributed by atoms with Crippen molar-refractivity contribution < 1.29 is 38.8 Å². The van der Waals surface area contributed by atoms with Crippen LogP contribution < -0.4 is 5.32 Å². The number of alkyl carbamates (subject to hydrolysis) is 1. The highest BCUT2D eigenvalue weighted by molar-refractivity contribution is 6.06. The third-order valence-electron chi connectivity index (χ3n) is 10.4. The van der Waals surface area contributed by atoms with Crippen LogP contribution in [0.1, 0.15) is 65.9 Å². The largest absolute Gasteiger partial charge is 0.445 e. The zero-order chi connectivity index (χ0) is 36.7. The molecule has 3 saturated heterocycles. The van der Waals surface area contributed by atoms with Gasteiger partial charge in [-0.1, -0.05) is 103 Å². The summed E-state index contributed by atoms with van der Waals surface area (Å²) < 4.78 is 18.4. The number of ether oxygens (including phenoxy) is 3. The van der Waals surface area contributed by atoms with Gasteiger partial charge in [-0.25, -0.2) is 4.79 Å². The van der Waals surface area contributed by atoms with Crippen molar-refractivity contribution in [3.8, 4) is 11.1 Å². The number of carbonyl (C=O) groups is 3. The van der Waals surface area contributed by atoms with Gasteiger partial charge in [-0.05, 0) is 52.8 Å². The number of carbonyl (C=O) groups excluding carboxylic acids is 3. The number of hydrogen-bond donors (Lipinski definition) is 3. The molecule has 3 heterocycles. The zero-order valence-corrected chi connectivity index (χ0v) is 29.5. The van der Waals surface area contributed by atoms with Crippen molar-refractivity contribution in [1.82, 2.24) is 15.1 Å². The smallest absolute Gasteiger partial charge is 0.408 e. The maximum atomic E-state index is 13.3. The Balaban J connectivity index is 1.03. The average molecular weight is 720 g/mol. The standard InChI is InChI=1S/C42H45N3O8/c46-25-28-12-14-31(15-13-28)38-21-35(24-44-20-6-10-34(44)26-47)52-41(53-38)32-18-16-30(17-19-32)36-11-5-4-9-33(36)23-45-39(48)22-37(40(45)49)43-42(50)51-27-29-7-2-1-3-8-29/h1-5,7-9,11-19,34-35,37-38,41,46-47H,6,10,20-27H2,(H,43,50)/t34-,35+,37?,38-,41-/m0/s1. The molecule has 0 spiro atoms. The number of aliphatic hydroxyl groups excluding tert-OH is 2. The average Bonchev–Trinajstić information content (AvgIpc) is 3.76. The zero-order valence-electron chi connectivity index (χ0n) is 29.5. The van der Waals surface area contributed by atoms with Gasteiger partial charge in [-0.2, -0.15) is 0 Å². The highest BCUT2D eigenvalue weighted by atomic mass is 16.7. The van der Waals surface area contributed by atoms with Crippen LogP contribution in [0.5, 0.6) is 0 Å². The van der Waals surface area contributed by atoms with Crippen molar-refractivity contribution in [3.05, 3.63) is 131 Å². The van der Waals surface area contributed by atoms with E-state index in [2.05, 4.69) is 10.2 Å². The molecule has 0 aromatic heterocycles. The Morgan fingerprint density at radius 2 is 1.58 bits per heavy atom. The van der Waals surface area contributed by atoms with E-state index in [1.807, 2.05) is 103 Å². The number of rotatable bonds is 12. The molecule has 0 radical (unpaired) electrons. The predicted octanol–water partition coefficient (Wildman–Crippen LogP) is 5.40. The molecule has 7 rings (SSSR count). The summed E-state index contributed by atoms with van der Waals surface area (Å²) in [6.45, 7) is 1.84. The van der Waals surface area contributed by atoms with Crippen LogP contribution in [0.3, 0.4) is 0 Å². The fourth-order valence-electron chi connectivity index (χ4n) is 7.44. The predicted molar refractivity (Wildman–Crippen MR) is 196 cm³/mol. The molecule has 0 saturated carbocycles. The summed E-state index contributed by atoms with van der Waals surface area (Å²) in [6, 6.07) is 31.7. The number of hydrogen-bond acceptors (Lipinski definition) is 9. The van der Waals surface area contributed by atoms with Crippen molar-refractivity contribution >= 4 is 17.9 Å². The van der Waals surface area contributed by atoms with Gasteiger partial charge in [0.1, 0.15) is 12.6 Å². The lowest BCUT2D eigenvalue weighted by atomic mass is 9.97. The molecule has 3 amide bonds. The molecule has 3 aliphatic heterocycles. The van der Waals surface area contributed by atoms with Gasteiger partial charge < -0.3 is 29.7 Å². The van der Waals surface area contributed by atoms with E-state index < -0.39 is 24.3 Å². The Hall–Kier alpha value is -4.91. The van der Waals surface area contributed by atoms with E-state index >= 15 is 0 Å². The van der Waals surface area contributed by atoms with Crippen LogP contribution in [0, 0.1) is 0 Å². The minimum Gasteiger partial charge on any atom is -0.445 e. The number of imide groups is 1. The van der Waals surface area contributed by atoms with Gasteiger partial charge in [0.2, 0.25) is 5.91 Å². The monoisotopic (exact) mass is 719 g/mol. The van der Waals surface area contributed by atoms with Crippen molar-refractivity contribution in [1.29, 1.82) is 0 Å². The molecule has 11 nitrogen and oxygen atoms in total. The molecule has 0 aliphatic carbocycles. The van der Waals surface area contributed by atoms with E-state index in [4.69, 9.17) is 14.2 Å². The highest BCUT2D eigenvalue weighted by Crippen LogP contribution is 2.39. The quantitative estimate of drug-likeness (QED) is 0.164. The first-order valence-corrected chi connectivity index (χ1v) is 18.2. The third-order valence-corrected chi connectivity index (χ3v) is 10.4. The molecule has 11 heteroatoms. The second-order valence-corrected chi connectivity index (χ2v) is 13.9. The van der Waals surface area contributed by atoms with Gasteiger partial charge in [-0.3, -0.25) is 19.4 Å². The summed E-state index contributed by atoms with van der Waals surface area (Å²) >= 11 is 0. The third kappa shape index (κ3) is 8.67. The number of amides is 3. The summed E-state index contributed by atoms with van der Waals surface area (Å²) in [5.41, 5.74) is 6.07. The molecule has 0 bridgehead atoms. The normalized spacial score (nSPS) is 23.4. The second-order valence-electron chi connectivity index (χ2n) is 13.9. The lowest BCUT2D eigenvalue weighted by Gasteiger charge is -2.38. The van der Waals surface area contributed by atoms with Crippen LogP contribution in [-0.2, 0) is 43.6 Å². The molecule has 1 unspecified atom stereocenters. The van der Waals surface area contributed by atoms with E-state index in [-0.39, 0.29) is 56.9 Å². The number of nitrogens with one attached hydrogen (secondary N) is 1. The maximum Gasteiger partial charge on any atom is 0.408 e. The lowest BCUT2D eigenvalue weighted by molar-refractivity contribution is -0.253. The Morgan fingerprint density at radius 1 is 0.849 bits per heavy atom. The second kappa shape index (κ2) is 16.8. The molecule has 3 N–H and O–H groups in total. The molecular formula is C42H45N3O8. The van der Waals surface area contributed by atoms with Crippen molar-refractivity contribution in [2.75, 3.05) is 19.7 Å². The number of benzene rings is 4. The molecule has 3 aliphatic rings. The van der Waals surface area contributed by atoms with Gasteiger partial charge in [0.15, 0.2) is 6.29 Å². The molecule has 53 heavy (non-hydrogen) atoms.